The number of anilines is 2. The van der Waals surface area contributed by atoms with Gasteiger partial charge in [-0.3, -0.25) is 0 Å². The van der Waals surface area contributed by atoms with Gasteiger partial charge in [0.05, 0.1) is 0 Å². The molecule has 2 heterocycles. The van der Waals surface area contributed by atoms with Crippen LogP contribution in [0.4, 0.5) is 11.6 Å². The van der Waals surface area contributed by atoms with Crippen LogP contribution in [0.1, 0.15) is 23.4 Å². The number of hydrogen-bond donors (Lipinski definition) is 1. The molecule has 3 rings (SSSR count). The lowest BCUT2D eigenvalue weighted by Gasteiger charge is -2.22. The van der Waals surface area contributed by atoms with Crippen molar-refractivity contribution >= 4 is 11.6 Å². The fourth-order valence-corrected chi connectivity index (χ4v) is 2.63. The van der Waals surface area contributed by atoms with E-state index in [4.69, 9.17) is 5.73 Å². The van der Waals surface area contributed by atoms with E-state index in [2.05, 4.69) is 39.1 Å². The lowest BCUT2D eigenvalue weighted by Crippen LogP contribution is -2.24. The average molecular weight is 254 g/mol. The van der Waals surface area contributed by atoms with Gasteiger partial charge in [-0.05, 0) is 30.9 Å². The summed E-state index contributed by atoms with van der Waals surface area (Å²) in [6.45, 7) is 3.78. The van der Waals surface area contributed by atoms with Gasteiger partial charge in [-0.1, -0.05) is 24.3 Å². The van der Waals surface area contributed by atoms with Crippen molar-refractivity contribution in [3.8, 4) is 0 Å². The van der Waals surface area contributed by atoms with Crippen LogP contribution in [0, 0.1) is 6.92 Å². The molecule has 0 radical (unpaired) electrons. The summed E-state index contributed by atoms with van der Waals surface area (Å²) in [7, 11) is 0. The molecule has 2 aromatic rings. The molecular formula is C15H18N4. The Morgan fingerprint density at radius 1 is 1.16 bits per heavy atom. The summed E-state index contributed by atoms with van der Waals surface area (Å²) in [4.78, 5) is 10.9. The number of hydrogen-bond acceptors (Lipinski definition) is 4. The fraction of sp³-hybridized carbons (Fsp3) is 0.333. The Labute approximate surface area is 113 Å². The first-order valence-electron chi connectivity index (χ1n) is 6.65. The van der Waals surface area contributed by atoms with E-state index >= 15 is 0 Å². The summed E-state index contributed by atoms with van der Waals surface area (Å²) in [6.07, 6.45) is 2.27. The molecule has 2 N–H and O–H groups in total. The maximum Gasteiger partial charge on any atom is 0.134 e. The van der Waals surface area contributed by atoms with Gasteiger partial charge in [0.2, 0.25) is 0 Å². The molecule has 0 fully saturated rings. The van der Waals surface area contributed by atoms with E-state index in [0.29, 0.717) is 5.82 Å². The Morgan fingerprint density at radius 2 is 1.95 bits per heavy atom. The van der Waals surface area contributed by atoms with Crippen molar-refractivity contribution in [1.82, 2.24) is 9.97 Å². The molecule has 4 heteroatoms. The van der Waals surface area contributed by atoms with E-state index < -0.39 is 0 Å². The van der Waals surface area contributed by atoms with Crippen LogP contribution in [0.25, 0.3) is 0 Å². The molecule has 0 unspecified atom stereocenters. The van der Waals surface area contributed by atoms with E-state index in [9.17, 15) is 0 Å². The van der Waals surface area contributed by atoms with Gasteiger partial charge in [0, 0.05) is 19.2 Å². The quantitative estimate of drug-likeness (QED) is 0.848. The lowest BCUT2D eigenvalue weighted by atomic mass is 10.0. The minimum absolute atomic E-state index is 0.542. The third kappa shape index (κ3) is 2.52. The highest BCUT2D eigenvalue weighted by Gasteiger charge is 2.16. The molecule has 1 aromatic carbocycles. The van der Waals surface area contributed by atoms with Gasteiger partial charge in [-0.15, -0.1) is 0 Å². The molecule has 0 atom stereocenters. The zero-order valence-corrected chi connectivity index (χ0v) is 11.1. The van der Waals surface area contributed by atoms with Crippen molar-refractivity contribution in [2.24, 2.45) is 0 Å². The predicted molar refractivity (Wildman–Crippen MR) is 77.0 cm³/mol. The van der Waals surface area contributed by atoms with E-state index in [-0.39, 0.29) is 0 Å². The third-order valence-corrected chi connectivity index (χ3v) is 3.52. The van der Waals surface area contributed by atoms with Crippen LogP contribution in [0.5, 0.6) is 0 Å². The van der Waals surface area contributed by atoms with Gasteiger partial charge in [-0.2, -0.15) is 0 Å². The minimum Gasteiger partial charge on any atom is -0.384 e. The van der Waals surface area contributed by atoms with Crippen LogP contribution < -0.4 is 10.6 Å². The van der Waals surface area contributed by atoms with E-state index in [0.717, 1.165) is 37.6 Å². The number of benzene rings is 1. The zero-order chi connectivity index (χ0) is 13.2. The zero-order valence-electron chi connectivity index (χ0n) is 11.1. The number of nitrogens with zero attached hydrogens (tertiary/aromatic N) is 3. The average Bonchev–Trinajstić information content (AvgIpc) is 2.59. The molecular weight excluding hydrogens is 236 g/mol. The molecule has 0 bridgehead atoms. The van der Waals surface area contributed by atoms with Crippen LogP contribution >= 0.6 is 0 Å². The second-order valence-electron chi connectivity index (χ2n) is 4.99. The second-order valence-corrected chi connectivity index (χ2v) is 4.99. The van der Waals surface area contributed by atoms with Crippen LogP contribution in [0.15, 0.2) is 30.3 Å². The summed E-state index contributed by atoms with van der Waals surface area (Å²) in [5, 5.41) is 0. The molecule has 0 aliphatic carbocycles. The maximum atomic E-state index is 5.82. The minimum atomic E-state index is 0.542. The standard InChI is InChI=1S/C15H18N4/c1-11-17-14(16)9-15(18-11)19-8-4-7-12-5-2-3-6-13(12)10-19/h2-3,5-6,9H,4,7-8,10H2,1H3,(H2,16,17,18). The number of aryl methyl sites for hydroxylation is 2. The van der Waals surface area contributed by atoms with Gasteiger partial charge in [0.25, 0.3) is 0 Å². The first kappa shape index (κ1) is 12.0. The van der Waals surface area contributed by atoms with Crippen LogP contribution in [-0.2, 0) is 13.0 Å². The Kier molecular flexibility index (Phi) is 3.07. The molecule has 0 amide bonds. The van der Waals surface area contributed by atoms with Crippen LogP contribution in [-0.4, -0.2) is 16.5 Å². The van der Waals surface area contributed by atoms with Crippen LogP contribution in [0.3, 0.4) is 0 Å². The molecule has 0 saturated heterocycles. The topological polar surface area (TPSA) is 55.0 Å². The Bertz CT molecular complexity index is 574. The smallest absolute Gasteiger partial charge is 0.134 e. The number of fused-ring (bicyclic) bond motifs is 1. The van der Waals surface area contributed by atoms with Gasteiger partial charge < -0.3 is 10.6 Å². The van der Waals surface area contributed by atoms with E-state index in [1.165, 1.54) is 11.1 Å². The molecule has 98 valence electrons. The monoisotopic (exact) mass is 254 g/mol. The molecule has 19 heavy (non-hydrogen) atoms. The fourth-order valence-electron chi connectivity index (χ4n) is 2.63. The normalized spacial score (nSPS) is 14.9. The molecule has 4 nitrogen and oxygen atoms in total. The highest BCUT2D eigenvalue weighted by molar-refractivity contribution is 5.48. The molecule has 0 spiro atoms. The Hall–Kier alpha value is -2.10. The predicted octanol–water partition coefficient (Wildman–Crippen LogP) is 2.32. The van der Waals surface area contributed by atoms with E-state index in [1.54, 1.807) is 0 Å². The molecule has 0 saturated carbocycles. The van der Waals surface area contributed by atoms with Crippen LogP contribution in [0.2, 0.25) is 0 Å². The summed E-state index contributed by atoms with van der Waals surface area (Å²) < 4.78 is 0. The van der Waals surface area contributed by atoms with Gasteiger partial charge >= 0.3 is 0 Å². The number of nitrogen functional groups attached to an aromatic ring is 1. The second kappa shape index (κ2) is 4.88. The van der Waals surface area contributed by atoms with Gasteiger partial charge in [0.1, 0.15) is 17.5 Å². The number of aromatic nitrogens is 2. The summed E-state index contributed by atoms with van der Waals surface area (Å²) >= 11 is 0. The van der Waals surface area contributed by atoms with Crippen molar-refractivity contribution in [2.75, 3.05) is 17.2 Å². The van der Waals surface area contributed by atoms with Crippen molar-refractivity contribution in [2.45, 2.75) is 26.3 Å². The molecule has 1 aliphatic heterocycles. The largest absolute Gasteiger partial charge is 0.384 e. The van der Waals surface area contributed by atoms with Crippen molar-refractivity contribution in [3.05, 3.63) is 47.3 Å². The molecule has 1 aliphatic rings. The van der Waals surface area contributed by atoms with Gasteiger partial charge in [-0.25, -0.2) is 9.97 Å². The highest BCUT2D eigenvalue weighted by Crippen LogP contribution is 2.23. The number of nitrogens with two attached hydrogens (primary N) is 1. The van der Waals surface area contributed by atoms with E-state index in [1.807, 2.05) is 13.0 Å². The SMILES string of the molecule is Cc1nc(N)cc(N2CCCc3ccccc3C2)n1. The summed E-state index contributed by atoms with van der Waals surface area (Å²) in [5.41, 5.74) is 8.65. The Morgan fingerprint density at radius 3 is 2.74 bits per heavy atom. The van der Waals surface area contributed by atoms with Crippen molar-refractivity contribution in [3.63, 3.8) is 0 Å². The third-order valence-electron chi connectivity index (χ3n) is 3.52. The maximum absolute atomic E-state index is 5.82. The first-order valence-corrected chi connectivity index (χ1v) is 6.65. The highest BCUT2D eigenvalue weighted by atomic mass is 15.2. The number of rotatable bonds is 1. The van der Waals surface area contributed by atoms with Crippen molar-refractivity contribution in [1.29, 1.82) is 0 Å². The Balaban J connectivity index is 1.94. The summed E-state index contributed by atoms with van der Waals surface area (Å²) in [6, 6.07) is 10.5. The molecule has 1 aromatic heterocycles. The van der Waals surface area contributed by atoms with Crippen molar-refractivity contribution < 1.29 is 0 Å². The first-order chi connectivity index (χ1) is 9.22. The van der Waals surface area contributed by atoms with Gasteiger partial charge in [0.15, 0.2) is 0 Å². The lowest BCUT2D eigenvalue weighted by molar-refractivity contribution is 0.750. The summed E-state index contributed by atoms with van der Waals surface area (Å²) in [5.74, 6) is 2.20.